The summed E-state index contributed by atoms with van der Waals surface area (Å²) in [6.07, 6.45) is -3.97. The number of primary sulfonamides is 1. The molecule has 0 spiro atoms. The maximum absolute atomic E-state index is 13.6. The van der Waals surface area contributed by atoms with E-state index >= 15 is 0 Å². The summed E-state index contributed by atoms with van der Waals surface area (Å²) in [4.78, 5) is 12.5. The first-order valence-corrected chi connectivity index (χ1v) is 9.87. The van der Waals surface area contributed by atoms with E-state index in [4.69, 9.17) is 5.14 Å². The van der Waals surface area contributed by atoms with Gasteiger partial charge < -0.3 is 5.32 Å². The highest BCUT2D eigenvalue weighted by Gasteiger charge is 2.40. The lowest BCUT2D eigenvalue weighted by Crippen LogP contribution is -2.20. The van der Waals surface area contributed by atoms with Crippen molar-refractivity contribution in [3.05, 3.63) is 77.6 Å². The molecule has 0 saturated heterocycles. The Labute approximate surface area is 164 Å². The minimum Gasteiger partial charge on any atom is -0.322 e. The van der Waals surface area contributed by atoms with E-state index in [1.54, 1.807) is 18.2 Å². The molecular weight excluding hydrogens is 409 g/mol. The first-order chi connectivity index (χ1) is 13.5. The molecule has 152 valence electrons. The second kappa shape index (κ2) is 7.68. The van der Waals surface area contributed by atoms with Crippen LogP contribution in [0.4, 0.5) is 18.9 Å². The van der Waals surface area contributed by atoms with Crippen molar-refractivity contribution in [3.63, 3.8) is 0 Å². The van der Waals surface area contributed by atoms with Crippen LogP contribution in [0.15, 0.2) is 60.8 Å². The highest BCUT2D eigenvalue weighted by molar-refractivity contribution is 7.88. The van der Waals surface area contributed by atoms with Crippen molar-refractivity contribution in [2.24, 2.45) is 5.14 Å². The minimum atomic E-state index is -4.82. The van der Waals surface area contributed by atoms with Crippen LogP contribution in [-0.2, 0) is 22.0 Å². The fourth-order valence-corrected chi connectivity index (χ4v) is 3.32. The molecule has 0 radical (unpaired) electrons. The normalized spacial score (nSPS) is 12.0. The Kier molecular flexibility index (Phi) is 5.44. The van der Waals surface area contributed by atoms with Crippen molar-refractivity contribution < 1.29 is 26.4 Å². The molecule has 11 heteroatoms. The number of halogens is 3. The van der Waals surface area contributed by atoms with E-state index in [2.05, 4.69) is 10.4 Å². The number of sulfonamides is 1. The van der Waals surface area contributed by atoms with E-state index in [9.17, 15) is 26.4 Å². The number of hydrogen-bond donors (Lipinski definition) is 2. The molecule has 0 aliphatic rings. The Balaban J connectivity index is 1.89. The molecular formula is C18H15F3N4O3S. The van der Waals surface area contributed by atoms with Crippen molar-refractivity contribution in [1.82, 2.24) is 9.78 Å². The first-order valence-electron chi connectivity index (χ1n) is 8.16. The maximum Gasteiger partial charge on any atom is 0.434 e. The smallest absolute Gasteiger partial charge is 0.322 e. The summed E-state index contributed by atoms with van der Waals surface area (Å²) in [7, 11) is -3.73. The summed E-state index contributed by atoms with van der Waals surface area (Å²) >= 11 is 0. The van der Waals surface area contributed by atoms with Crippen molar-refractivity contribution in [2.45, 2.75) is 11.9 Å². The standard InChI is InChI=1S/C18H15F3N4O3S/c19-18(20,21)16-15(10-23-25(16)14-4-2-1-3-5-14)17(26)24-13-8-6-12(7-9-13)11-29(22,27)28/h1-10H,11H2,(H,24,26)(H2,22,27,28). The van der Waals surface area contributed by atoms with Crippen molar-refractivity contribution in [1.29, 1.82) is 0 Å². The Morgan fingerprint density at radius 2 is 1.69 bits per heavy atom. The number of para-hydroxylation sites is 1. The second-order valence-electron chi connectivity index (χ2n) is 6.11. The molecule has 0 bridgehead atoms. The van der Waals surface area contributed by atoms with Gasteiger partial charge in [-0.05, 0) is 29.8 Å². The molecule has 0 fully saturated rings. The predicted molar refractivity (Wildman–Crippen MR) is 99.8 cm³/mol. The number of alkyl halides is 3. The largest absolute Gasteiger partial charge is 0.434 e. The van der Waals surface area contributed by atoms with Gasteiger partial charge in [0.25, 0.3) is 5.91 Å². The summed E-state index contributed by atoms with van der Waals surface area (Å²) in [5, 5.41) is 11.0. The third-order valence-electron chi connectivity index (χ3n) is 3.86. The van der Waals surface area contributed by atoms with Gasteiger partial charge in [-0.1, -0.05) is 30.3 Å². The average molecular weight is 424 g/mol. The third-order valence-corrected chi connectivity index (χ3v) is 4.60. The quantitative estimate of drug-likeness (QED) is 0.657. The highest BCUT2D eigenvalue weighted by atomic mass is 32.2. The summed E-state index contributed by atoms with van der Waals surface area (Å²) in [6.45, 7) is 0. The number of aromatic nitrogens is 2. The van der Waals surface area contributed by atoms with E-state index in [0.29, 0.717) is 10.2 Å². The van der Waals surface area contributed by atoms with Gasteiger partial charge in [-0.2, -0.15) is 18.3 Å². The average Bonchev–Trinajstić information content (AvgIpc) is 3.09. The van der Waals surface area contributed by atoms with Crippen LogP contribution in [0.2, 0.25) is 0 Å². The molecule has 0 saturated carbocycles. The number of nitrogens with one attached hydrogen (secondary N) is 1. The minimum absolute atomic E-state index is 0.159. The van der Waals surface area contributed by atoms with E-state index in [1.807, 2.05) is 0 Å². The molecule has 1 heterocycles. The van der Waals surface area contributed by atoms with E-state index < -0.39 is 39.1 Å². The number of hydrogen-bond acceptors (Lipinski definition) is 4. The molecule has 3 aromatic rings. The molecule has 0 aliphatic heterocycles. The number of nitrogens with two attached hydrogens (primary N) is 1. The molecule has 0 aliphatic carbocycles. The molecule has 0 atom stereocenters. The first kappa shape index (κ1) is 20.6. The summed E-state index contributed by atoms with van der Waals surface area (Å²) in [5.74, 6) is -1.40. The van der Waals surface area contributed by atoms with Crippen LogP contribution in [0.5, 0.6) is 0 Å². The highest BCUT2D eigenvalue weighted by Crippen LogP contribution is 2.34. The molecule has 29 heavy (non-hydrogen) atoms. The number of amides is 1. The lowest BCUT2D eigenvalue weighted by atomic mass is 10.2. The van der Waals surface area contributed by atoms with Crippen LogP contribution in [0, 0.1) is 0 Å². The molecule has 1 aromatic heterocycles. The Morgan fingerprint density at radius 1 is 1.07 bits per heavy atom. The van der Waals surface area contributed by atoms with Crippen LogP contribution in [-0.4, -0.2) is 24.1 Å². The Hall–Kier alpha value is -3.18. The van der Waals surface area contributed by atoms with E-state index in [1.165, 1.54) is 36.4 Å². The zero-order chi connectivity index (χ0) is 21.2. The molecule has 3 rings (SSSR count). The number of carbonyl (C=O) groups excluding carboxylic acids is 1. The van der Waals surface area contributed by atoms with Gasteiger partial charge >= 0.3 is 6.18 Å². The van der Waals surface area contributed by atoms with Crippen LogP contribution >= 0.6 is 0 Å². The third kappa shape index (κ3) is 5.00. The van der Waals surface area contributed by atoms with Gasteiger partial charge in [0.1, 0.15) is 0 Å². The SMILES string of the molecule is NS(=O)(=O)Cc1ccc(NC(=O)c2cnn(-c3ccccc3)c2C(F)(F)F)cc1. The van der Waals surface area contributed by atoms with Crippen LogP contribution in [0.25, 0.3) is 5.69 Å². The predicted octanol–water partition coefficient (Wildman–Crippen LogP) is 2.93. The number of benzene rings is 2. The van der Waals surface area contributed by atoms with Crippen LogP contribution < -0.4 is 10.5 Å². The van der Waals surface area contributed by atoms with Gasteiger partial charge in [-0.3, -0.25) is 4.79 Å². The van der Waals surface area contributed by atoms with Gasteiger partial charge in [-0.15, -0.1) is 0 Å². The topological polar surface area (TPSA) is 107 Å². The van der Waals surface area contributed by atoms with Gasteiger partial charge in [0, 0.05) is 5.69 Å². The van der Waals surface area contributed by atoms with Crippen molar-refractivity contribution in [2.75, 3.05) is 5.32 Å². The summed E-state index contributed by atoms with van der Waals surface area (Å²) in [6, 6.07) is 13.2. The number of carbonyl (C=O) groups is 1. The lowest BCUT2D eigenvalue weighted by Gasteiger charge is -2.13. The van der Waals surface area contributed by atoms with Crippen LogP contribution in [0.3, 0.4) is 0 Å². The van der Waals surface area contributed by atoms with Gasteiger partial charge in [0.2, 0.25) is 10.0 Å². The number of nitrogens with zero attached hydrogens (tertiary/aromatic N) is 2. The second-order valence-corrected chi connectivity index (χ2v) is 7.72. The van der Waals surface area contributed by atoms with Crippen molar-refractivity contribution >= 4 is 21.6 Å². The van der Waals surface area contributed by atoms with Gasteiger partial charge in [-0.25, -0.2) is 18.2 Å². The fourth-order valence-electron chi connectivity index (χ4n) is 2.67. The molecule has 2 aromatic carbocycles. The lowest BCUT2D eigenvalue weighted by molar-refractivity contribution is -0.143. The fraction of sp³-hybridized carbons (Fsp3) is 0.111. The zero-order valence-electron chi connectivity index (χ0n) is 14.7. The molecule has 0 unspecified atom stereocenters. The number of rotatable bonds is 5. The van der Waals surface area contributed by atoms with Crippen LogP contribution in [0.1, 0.15) is 21.6 Å². The monoisotopic (exact) mass is 424 g/mol. The Morgan fingerprint density at radius 3 is 2.24 bits per heavy atom. The molecule has 7 nitrogen and oxygen atoms in total. The van der Waals surface area contributed by atoms with Crippen molar-refractivity contribution in [3.8, 4) is 5.69 Å². The van der Waals surface area contributed by atoms with Gasteiger partial charge in [0.05, 0.1) is 23.2 Å². The van der Waals surface area contributed by atoms with E-state index in [-0.39, 0.29) is 11.4 Å². The molecule has 3 N–H and O–H groups in total. The van der Waals surface area contributed by atoms with Gasteiger partial charge in [0.15, 0.2) is 5.69 Å². The maximum atomic E-state index is 13.6. The summed E-state index contributed by atoms with van der Waals surface area (Å²) in [5.41, 5.74) is -1.12. The number of anilines is 1. The Bertz CT molecular complexity index is 1130. The molecule has 1 amide bonds. The summed E-state index contributed by atoms with van der Waals surface area (Å²) < 4.78 is 63.7. The zero-order valence-corrected chi connectivity index (χ0v) is 15.5. The van der Waals surface area contributed by atoms with E-state index in [0.717, 1.165) is 6.20 Å².